The van der Waals surface area contributed by atoms with Gasteiger partial charge in [-0.1, -0.05) is 18.9 Å². The standard InChI is InChI=1S/C24H35N5O2.C2HF3O2/c30-22(26-14-18-9-10-18)24-11-5-13-28(23(31)27-20-6-1-2-7-20)15-19(24)16-29(17-24)21-8-3-4-12-25-21;3-2(4,5)1(6)7/h3-4,8,12,18-20H,1-2,5-7,9-11,13-17H2,(H,26,30)(H,27,31);(H,6,7)/t19-,24-;/m0./s1. The van der Waals surface area contributed by atoms with Crippen molar-refractivity contribution < 1.29 is 32.7 Å². The van der Waals surface area contributed by atoms with Gasteiger partial charge in [-0.2, -0.15) is 13.2 Å². The lowest BCUT2D eigenvalue weighted by Gasteiger charge is -2.32. The molecule has 4 aliphatic rings. The topological polar surface area (TPSA) is 115 Å². The summed E-state index contributed by atoms with van der Waals surface area (Å²) in [6, 6.07) is 6.31. The number of hydrogen-bond acceptors (Lipinski definition) is 5. The van der Waals surface area contributed by atoms with Crippen molar-refractivity contribution in [2.75, 3.05) is 37.6 Å². The Kier molecular flexibility index (Phi) is 8.67. The Hall–Kier alpha value is -3.05. The number of alkyl halides is 3. The molecule has 210 valence electrons. The van der Waals surface area contributed by atoms with Crippen molar-refractivity contribution >= 4 is 23.7 Å². The van der Waals surface area contributed by atoms with E-state index in [0.29, 0.717) is 25.0 Å². The molecule has 2 aliphatic carbocycles. The number of aliphatic carboxylic acids is 1. The van der Waals surface area contributed by atoms with E-state index in [1.165, 1.54) is 25.7 Å². The molecule has 0 radical (unpaired) electrons. The normalized spacial score (nSPS) is 25.6. The van der Waals surface area contributed by atoms with Gasteiger partial charge in [-0.15, -0.1) is 0 Å². The second-order valence-electron chi connectivity index (χ2n) is 10.9. The summed E-state index contributed by atoms with van der Waals surface area (Å²) in [4.78, 5) is 44.2. The molecule has 2 atom stereocenters. The monoisotopic (exact) mass is 539 g/mol. The van der Waals surface area contributed by atoms with Crippen LogP contribution in [0.2, 0.25) is 0 Å². The van der Waals surface area contributed by atoms with Gasteiger partial charge in [0.25, 0.3) is 0 Å². The van der Waals surface area contributed by atoms with Crippen molar-refractivity contribution in [2.45, 2.75) is 63.6 Å². The summed E-state index contributed by atoms with van der Waals surface area (Å²) in [7, 11) is 0. The molecule has 1 aromatic rings. The van der Waals surface area contributed by atoms with E-state index < -0.39 is 17.6 Å². The highest BCUT2D eigenvalue weighted by atomic mass is 19.4. The summed E-state index contributed by atoms with van der Waals surface area (Å²) in [5.74, 6) is -0.877. The predicted octanol–water partition coefficient (Wildman–Crippen LogP) is 3.41. The summed E-state index contributed by atoms with van der Waals surface area (Å²) in [6.07, 6.45) is 5.45. The van der Waals surface area contributed by atoms with Gasteiger partial charge in [0.15, 0.2) is 0 Å². The summed E-state index contributed by atoms with van der Waals surface area (Å²) in [5, 5.41) is 13.6. The molecule has 5 rings (SSSR count). The van der Waals surface area contributed by atoms with Gasteiger partial charge in [-0.25, -0.2) is 14.6 Å². The molecule has 3 amide bonds. The van der Waals surface area contributed by atoms with Crippen LogP contribution in [-0.2, 0) is 9.59 Å². The van der Waals surface area contributed by atoms with E-state index >= 15 is 0 Å². The first-order valence-electron chi connectivity index (χ1n) is 13.4. The van der Waals surface area contributed by atoms with E-state index in [1.807, 2.05) is 29.3 Å². The highest BCUT2D eigenvalue weighted by molar-refractivity contribution is 5.85. The van der Waals surface area contributed by atoms with Crippen LogP contribution in [0.4, 0.5) is 23.8 Å². The lowest BCUT2D eigenvalue weighted by molar-refractivity contribution is -0.192. The Bertz CT molecular complexity index is 985. The van der Waals surface area contributed by atoms with Gasteiger partial charge in [0.1, 0.15) is 5.82 Å². The molecule has 2 aliphatic heterocycles. The molecule has 0 spiro atoms. The largest absolute Gasteiger partial charge is 0.490 e. The number of amides is 3. The average molecular weight is 540 g/mol. The number of carbonyl (C=O) groups is 3. The molecule has 38 heavy (non-hydrogen) atoms. The first-order valence-corrected chi connectivity index (χ1v) is 13.4. The van der Waals surface area contributed by atoms with E-state index in [2.05, 4.69) is 20.5 Å². The van der Waals surface area contributed by atoms with Crippen molar-refractivity contribution in [3.8, 4) is 0 Å². The third-order valence-corrected chi connectivity index (χ3v) is 8.07. The minimum atomic E-state index is -5.08. The fraction of sp³-hybridized carbons (Fsp3) is 0.692. The minimum absolute atomic E-state index is 0.0531. The number of rotatable bonds is 5. The lowest BCUT2D eigenvalue weighted by Crippen LogP contribution is -2.50. The molecular weight excluding hydrogens is 503 g/mol. The van der Waals surface area contributed by atoms with Gasteiger partial charge in [0, 0.05) is 50.9 Å². The van der Waals surface area contributed by atoms with Crippen LogP contribution in [0.25, 0.3) is 0 Å². The van der Waals surface area contributed by atoms with Crippen LogP contribution in [0, 0.1) is 17.3 Å². The number of carboxylic acid groups (broad SMARTS) is 1. The van der Waals surface area contributed by atoms with E-state index in [0.717, 1.165) is 51.1 Å². The maximum atomic E-state index is 13.5. The number of carbonyl (C=O) groups excluding carboxylic acids is 2. The molecule has 2 saturated heterocycles. The van der Waals surface area contributed by atoms with E-state index in [1.54, 1.807) is 0 Å². The fourth-order valence-electron chi connectivity index (χ4n) is 5.77. The summed E-state index contributed by atoms with van der Waals surface area (Å²) in [6.45, 7) is 3.61. The molecular formula is C26H36F3N5O4. The number of urea groups is 1. The van der Waals surface area contributed by atoms with E-state index in [4.69, 9.17) is 9.90 Å². The van der Waals surface area contributed by atoms with Gasteiger partial charge < -0.3 is 25.5 Å². The Morgan fingerprint density at radius 1 is 1.08 bits per heavy atom. The van der Waals surface area contributed by atoms with Gasteiger partial charge in [0.05, 0.1) is 5.41 Å². The first-order chi connectivity index (χ1) is 18.1. The van der Waals surface area contributed by atoms with Crippen LogP contribution in [-0.4, -0.2) is 77.8 Å². The van der Waals surface area contributed by atoms with Crippen molar-refractivity contribution in [3.05, 3.63) is 24.4 Å². The third kappa shape index (κ3) is 6.87. The van der Waals surface area contributed by atoms with Crippen molar-refractivity contribution in [2.24, 2.45) is 17.3 Å². The molecule has 2 saturated carbocycles. The predicted molar refractivity (Wildman–Crippen MR) is 133 cm³/mol. The van der Waals surface area contributed by atoms with Gasteiger partial charge in [-0.3, -0.25) is 4.79 Å². The molecule has 0 bridgehead atoms. The number of aromatic nitrogens is 1. The van der Waals surface area contributed by atoms with E-state index in [9.17, 15) is 22.8 Å². The second kappa shape index (κ2) is 11.8. The molecule has 3 N–H and O–H groups in total. The Balaban J connectivity index is 0.000000426. The quantitative estimate of drug-likeness (QED) is 0.529. The Morgan fingerprint density at radius 2 is 1.79 bits per heavy atom. The molecule has 0 unspecified atom stereocenters. The molecule has 0 aromatic carbocycles. The molecule has 4 fully saturated rings. The van der Waals surface area contributed by atoms with Crippen LogP contribution in [0.1, 0.15) is 51.4 Å². The number of nitrogens with one attached hydrogen (secondary N) is 2. The maximum Gasteiger partial charge on any atom is 0.490 e. The van der Waals surface area contributed by atoms with Crippen LogP contribution in [0.5, 0.6) is 0 Å². The smallest absolute Gasteiger partial charge is 0.475 e. The van der Waals surface area contributed by atoms with Crippen LogP contribution < -0.4 is 15.5 Å². The van der Waals surface area contributed by atoms with Crippen molar-refractivity contribution in [1.82, 2.24) is 20.5 Å². The fourth-order valence-corrected chi connectivity index (χ4v) is 5.77. The van der Waals surface area contributed by atoms with Gasteiger partial charge in [0.2, 0.25) is 5.91 Å². The van der Waals surface area contributed by atoms with Gasteiger partial charge >= 0.3 is 18.2 Å². The number of carboxylic acids is 1. The lowest BCUT2D eigenvalue weighted by atomic mass is 9.74. The van der Waals surface area contributed by atoms with Crippen LogP contribution in [0.15, 0.2) is 24.4 Å². The summed E-state index contributed by atoms with van der Waals surface area (Å²) < 4.78 is 31.7. The van der Waals surface area contributed by atoms with Gasteiger partial charge in [-0.05, 0) is 56.6 Å². The molecule has 9 nitrogen and oxygen atoms in total. The number of likely N-dealkylation sites (tertiary alicyclic amines) is 1. The van der Waals surface area contributed by atoms with Crippen LogP contribution in [0.3, 0.4) is 0 Å². The van der Waals surface area contributed by atoms with Crippen molar-refractivity contribution in [1.29, 1.82) is 0 Å². The third-order valence-electron chi connectivity index (χ3n) is 8.07. The molecule has 12 heteroatoms. The average Bonchev–Trinajstić information content (AvgIpc) is 3.50. The Labute approximate surface area is 220 Å². The molecule has 1 aromatic heterocycles. The number of hydrogen-bond donors (Lipinski definition) is 3. The van der Waals surface area contributed by atoms with E-state index in [-0.39, 0.29) is 17.9 Å². The zero-order valence-electron chi connectivity index (χ0n) is 21.4. The van der Waals surface area contributed by atoms with Crippen molar-refractivity contribution in [3.63, 3.8) is 0 Å². The summed E-state index contributed by atoms with van der Waals surface area (Å²) in [5.41, 5.74) is -0.450. The SMILES string of the molecule is O=C(NC1CCCC1)N1CCC[C@]2(C(=O)NCC3CC3)CN(c3ccccn3)C[C@@H]2C1.O=C(O)C(F)(F)F. The first kappa shape index (κ1) is 28.0. The number of fused-ring (bicyclic) bond motifs is 1. The van der Waals surface area contributed by atoms with Crippen LogP contribution >= 0.6 is 0 Å². The minimum Gasteiger partial charge on any atom is -0.475 e. The molecule has 3 heterocycles. The number of nitrogens with zero attached hydrogens (tertiary/aromatic N) is 3. The highest BCUT2D eigenvalue weighted by Gasteiger charge is 2.54. The highest BCUT2D eigenvalue weighted by Crippen LogP contribution is 2.44. The number of anilines is 1. The zero-order chi connectivity index (χ0) is 27.3. The number of halogens is 3. The summed E-state index contributed by atoms with van der Waals surface area (Å²) >= 11 is 0. The number of pyridine rings is 1. The maximum absolute atomic E-state index is 13.5. The zero-order valence-corrected chi connectivity index (χ0v) is 21.4. The second-order valence-corrected chi connectivity index (χ2v) is 10.9. The Morgan fingerprint density at radius 3 is 2.39 bits per heavy atom.